The van der Waals surface area contributed by atoms with E-state index in [9.17, 15) is 4.79 Å². The van der Waals surface area contributed by atoms with E-state index in [0.29, 0.717) is 11.7 Å². The van der Waals surface area contributed by atoms with Gasteiger partial charge in [0, 0.05) is 30.4 Å². The van der Waals surface area contributed by atoms with Crippen molar-refractivity contribution in [2.75, 3.05) is 25.4 Å². The lowest BCUT2D eigenvalue weighted by Gasteiger charge is -2.27. The lowest BCUT2D eigenvalue weighted by Crippen LogP contribution is -2.48. The molecule has 1 saturated heterocycles. The van der Waals surface area contributed by atoms with Gasteiger partial charge < -0.3 is 10.6 Å². The molecule has 1 aliphatic heterocycles. The standard InChI is InChI=1S/C16H24N2OS.ClH/c1-16(2,3)13-4-6-14(7-5-13)20-11-15(19)18-10-12-8-17-9-12;/h4-7,12,17H,8-11H2,1-3H3,(H,18,19);1H. The molecule has 3 nitrogen and oxygen atoms in total. The van der Waals surface area contributed by atoms with Crippen molar-refractivity contribution in [1.82, 2.24) is 10.6 Å². The highest BCUT2D eigenvalue weighted by molar-refractivity contribution is 8.00. The van der Waals surface area contributed by atoms with Gasteiger partial charge in [-0.1, -0.05) is 32.9 Å². The molecule has 118 valence electrons. The first-order valence-corrected chi connectivity index (χ1v) is 8.14. The summed E-state index contributed by atoms with van der Waals surface area (Å²) in [5.41, 5.74) is 1.50. The summed E-state index contributed by atoms with van der Waals surface area (Å²) in [6.45, 7) is 9.48. The lowest BCUT2D eigenvalue weighted by molar-refractivity contribution is -0.118. The molecule has 0 unspecified atom stereocenters. The number of nitrogens with one attached hydrogen (secondary N) is 2. The summed E-state index contributed by atoms with van der Waals surface area (Å²) in [6, 6.07) is 8.52. The summed E-state index contributed by atoms with van der Waals surface area (Å²) in [6.07, 6.45) is 0. The Balaban J connectivity index is 0.00000220. The van der Waals surface area contributed by atoms with Crippen molar-refractivity contribution in [3.63, 3.8) is 0 Å². The van der Waals surface area contributed by atoms with Gasteiger partial charge in [0.15, 0.2) is 0 Å². The van der Waals surface area contributed by atoms with Gasteiger partial charge in [0.25, 0.3) is 0 Å². The fraction of sp³-hybridized carbons (Fsp3) is 0.562. The fourth-order valence-electron chi connectivity index (χ4n) is 2.00. The van der Waals surface area contributed by atoms with Crippen LogP contribution in [0.25, 0.3) is 0 Å². The van der Waals surface area contributed by atoms with Crippen molar-refractivity contribution in [3.8, 4) is 0 Å². The van der Waals surface area contributed by atoms with Crippen molar-refractivity contribution >= 4 is 30.1 Å². The van der Waals surface area contributed by atoms with Gasteiger partial charge in [-0.05, 0) is 23.1 Å². The molecule has 1 aliphatic rings. The molecule has 0 aromatic heterocycles. The van der Waals surface area contributed by atoms with E-state index in [-0.39, 0.29) is 23.7 Å². The number of hydrogen-bond acceptors (Lipinski definition) is 3. The van der Waals surface area contributed by atoms with Crippen molar-refractivity contribution in [2.45, 2.75) is 31.1 Å². The number of benzene rings is 1. The largest absolute Gasteiger partial charge is 0.355 e. The number of thioether (sulfide) groups is 1. The Hall–Kier alpha value is -0.710. The van der Waals surface area contributed by atoms with Crippen molar-refractivity contribution < 1.29 is 4.79 Å². The molecule has 1 heterocycles. The number of hydrogen-bond donors (Lipinski definition) is 2. The number of carbonyl (C=O) groups excluding carboxylic acids is 1. The highest BCUT2D eigenvalue weighted by Crippen LogP contribution is 2.25. The van der Waals surface area contributed by atoms with Crippen LogP contribution >= 0.6 is 24.2 Å². The molecule has 1 aromatic carbocycles. The van der Waals surface area contributed by atoms with Crippen LogP contribution < -0.4 is 10.6 Å². The molecule has 0 radical (unpaired) electrons. The molecular weight excluding hydrogens is 304 g/mol. The van der Waals surface area contributed by atoms with Gasteiger partial charge >= 0.3 is 0 Å². The smallest absolute Gasteiger partial charge is 0.230 e. The van der Waals surface area contributed by atoms with E-state index in [4.69, 9.17) is 0 Å². The van der Waals surface area contributed by atoms with Crippen molar-refractivity contribution in [1.29, 1.82) is 0 Å². The maximum atomic E-state index is 11.7. The second kappa shape index (κ2) is 8.06. The minimum Gasteiger partial charge on any atom is -0.355 e. The van der Waals surface area contributed by atoms with Crippen molar-refractivity contribution in [2.24, 2.45) is 5.92 Å². The first-order valence-electron chi connectivity index (χ1n) is 7.16. The Morgan fingerprint density at radius 2 is 1.90 bits per heavy atom. The quantitative estimate of drug-likeness (QED) is 0.817. The average Bonchev–Trinajstić information content (AvgIpc) is 2.34. The normalized spacial score (nSPS) is 15.0. The molecule has 0 saturated carbocycles. The Labute approximate surface area is 138 Å². The topological polar surface area (TPSA) is 41.1 Å². The van der Waals surface area contributed by atoms with Gasteiger partial charge in [-0.2, -0.15) is 0 Å². The molecule has 0 atom stereocenters. The first-order chi connectivity index (χ1) is 9.45. The summed E-state index contributed by atoms with van der Waals surface area (Å²) in [5, 5.41) is 6.19. The Morgan fingerprint density at radius 1 is 1.29 bits per heavy atom. The number of amides is 1. The van der Waals surface area contributed by atoms with Gasteiger partial charge in [-0.25, -0.2) is 0 Å². The van der Waals surface area contributed by atoms with E-state index in [1.165, 1.54) is 5.56 Å². The van der Waals surface area contributed by atoms with Crippen LogP contribution in [-0.4, -0.2) is 31.3 Å². The maximum Gasteiger partial charge on any atom is 0.230 e. The molecule has 21 heavy (non-hydrogen) atoms. The minimum atomic E-state index is 0. The van der Waals surface area contributed by atoms with Crippen LogP contribution in [0, 0.1) is 5.92 Å². The van der Waals surface area contributed by atoms with E-state index in [2.05, 4.69) is 55.7 Å². The molecule has 0 aliphatic carbocycles. The van der Waals surface area contributed by atoms with E-state index >= 15 is 0 Å². The van der Waals surface area contributed by atoms with Gasteiger partial charge in [0.05, 0.1) is 5.75 Å². The monoisotopic (exact) mass is 328 g/mol. The lowest BCUT2D eigenvalue weighted by atomic mass is 9.87. The molecule has 1 aromatic rings. The summed E-state index contributed by atoms with van der Waals surface area (Å²) in [5.74, 6) is 1.24. The van der Waals surface area contributed by atoms with Gasteiger partial charge in [0.1, 0.15) is 0 Å². The van der Waals surface area contributed by atoms with E-state index in [1.807, 2.05) is 0 Å². The Bertz CT molecular complexity index is 452. The zero-order chi connectivity index (χ0) is 14.6. The van der Waals surface area contributed by atoms with Gasteiger partial charge in [-0.3, -0.25) is 4.79 Å². The summed E-state index contributed by atoms with van der Waals surface area (Å²) >= 11 is 1.60. The second-order valence-corrected chi connectivity index (χ2v) is 7.44. The first kappa shape index (κ1) is 18.3. The molecule has 0 spiro atoms. The van der Waals surface area contributed by atoms with Crippen LogP contribution in [0.2, 0.25) is 0 Å². The molecule has 5 heteroatoms. The fourth-order valence-corrected chi connectivity index (χ4v) is 2.73. The SMILES string of the molecule is CC(C)(C)c1ccc(SCC(=O)NCC2CNC2)cc1.Cl. The third-order valence-corrected chi connectivity index (χ3v) is 4.56. The van der Waals surface area contributed by atoms with Crippen LogP contribution in [0.5, 0.6) is 0 Å². The van der Waals surface area contributed by atoms with Crippen LogP contribution in [0.15, 0.2) is 29.2 Å². The Kier molecular flexibility index (Phi) is 7.04. The second-order valence-electron chi connectivity index (χ2n) is 6.39. The Morgan fingerprint density at radius 3 is 2.38 bits per heavy atom. The van der Waals surface area contributed by atoms with Crippen LogP contribution in [0.1, 0.15) is 26.3 Å². The molecule has 0 bridgehead atoms. The van der Waals surface area contributed by atoms with Gasteiger partial charge in [-0.15, -0.1) is 24.2 Å². The van der Waals surface area contributed by atoms with Crippen LogP contribution in [0.4, 0.5) is 0 Å². The molecule has 1 amide bonds. The summed E-state index contributed by atoms with van der Waals surface area (Å²) < 4.78 is 0. The third-order valence-electron chi connectivity index (χ3n) is 3.54. The molecular formula is C16H25ClN2OS. The number of halogens is 1. The highest BCUT2D eigenvalue weighted by Gasteiger charge is 2.17. The molecule has 1 fully saturated rings. The maximum absolute atomic E-state index is 11.7. The van der Waals surface area contributed by atoms with Gasteiger partial charge in [0.2, 0.25) is 5.91 Å². The van der Waals surface area contributed by atoms with Crippen LogP contribution in [-0.2, 0) is 10.2 Å². The molecule has 2 rings (SSSR count). The zero-order valence-corrected chi connectivity index (χ0v) is 14.6. The number of rotatable bonds is 5. The average molecular weight is 329 g/mol. The summed E-state index contributed by atoms with van der Waals surface area (Å²) in [7, 11) is 0. The highest BCUT2D eigenvalue weighted by atomic mass is 35.5. The number of carbonyl (C=O) groups is 1. The van der Waals surface area contributed by atoms with E-state index in [0.717, 1.165) is 24.5 Å². The minimum absolute atomic E-state index is 0. The summed E-state index contributed by atoms with van der Waals surface area (Å²) in [4.78, 5) is 12.9. The molecule has 2 N–H and O–H groups in total. The predicted octanol–water partition coefficient (Wildman–Crippen LogP) is 2.83. The van der Waals surface area contributed by atoms with Crippen LogP contribution in [0.3, 0.4) is 0 Å². The zero-order valence-electron chi connectivity index (χ0n) is 12.9. The van der Waals surface area contributed by atoms with Crippen molar-refractivity contribution in [3.05, 3.63) is 29.8 Å². The van der Waals surface area contributed by atoms with E-state index in [1.54, 1.807) is 11.8 Å². The third kappa shape index (κ3) is 5.89. The predicted molar refractivity (Wildman–Crippen MR) is 92.5 cm³/mol. The van der Waals surface area contributed by atoms with E-state index < -0.39 is 0 Å².